The number of rotatable bonds is 8. The molecule has 2 aromatic heterocycles. The first-order chi connectivity index (χ1) is 11.6. The van der Waals surface area contributed by atoms with Crippen LogP contribution in [-0.4, -0.2) is 23.4 Å². The summed E-state index contributed by atoms with van der Waals surface area (Å²) < 4.78 is 0. The third-order valence-corrected chi connectivity index (χ3v) is 5.07. The van der Waals surface area contributed by atoms with Gasteiger partial charge in [0.05, 0.1) is 17.1 Å². The Hall–Kier alpha value is -1.93. The quantitative estimate of drug-likeness (QED) is 0.380. The second-order valence-electron chi connectivity index (χ2n) is 5.31. The van der Waals surface area contributed by atoms with E-state index in [1.165, 1.54) is 24.7 Å². The maximum atomic E-state index is 11.0. The Bertz CT molecular complexity index is 692. The van der Waals surface area contributed by atoms with Crippen molar-refractivity contribution in [2.24, 2.45) is 10.7 Å². The van der Waals surface area contributed by atoms with Gasteiger partial charge in [0.15, 0.2) is 11.1 Å². The summed E-state index contributed by atoms with van der Waals surface area (Å²) in [6, 6.07) is 4.02. The second-order valence-corrected chi connectivity index (χ2v) is 7.34. The minimum Gasteiger partial charge on any atom is -0.370 e. The Morgan fingerprint density at radius 3 is 2.96 bits per heavy atom. The highest BCUT2D eigenvalue weighted by Crippen LogP contribution is 2.30. The number of amides is 1. The van der Waals surface area contributed by atoms with Crippen LogP contribution in [0.5, 0.6) is 0 Å². The summed E-state index contributed by atoms with van der Waals surface area (Å²) in [5.41, 5.74) is 6.78. The fourth-order valence-electron chi connectivity index (χ4n) is 1.98. The maximum absolute atomic E-state index is 11.0. The average Bonchev–Trinajstić information content (AvgIpc) is 3.18. The van der Waals surface area contributed by atoms with Crippen LogP contribution in [0.15, 0.2) is 22.5 Å². The van der Waals surface area contributed by atoms with E-state index in [0.717, 1.165) is 40.0 Å². The molecule has 8 heteroatoms. The Labute approximate surface area is 150 Å². The molecule has 6 nitrogen and oxygen atoms in total. The summed E-state index contributed by atoms with van der Waals surface area (Å²) in [5, 5.41) is 8.56. The molecule has 0 aliphatic carbocycles. The van der Waals surface area contributed by atoms with Crippen molar-refractivity contribution in [3.05, 3.63) is 22.4 Å². The van der Waals surface area contributed by atoms with Gasteiger partial charge in [0.25, 0.3) is 0 Å². The molecule has 0 aliphatic heterocycles. The molecule has 4 N–H and O–H groups in total. The molecule has 0 radical (unpaired) electrons. The summed E-state index contributed by atoms with van der Waals surface area (Å²) in [7, 11) is 0. The highest BCUT2D eigenvalue weighted by molar-refractivity contribution is 7.17. The molecule has 0 saturated heterocycles. The predicted octanol–water partition coefficient (Wildman–Crippen LogP) is 3.42. The van der Waals surface area contributed by atoms with E-state index >= 15 is 0 Å². The van der Waals surface area contributed by atoms with Crippen molar-refractivity contribution in [3.63, 3.8) is 0 Å². The van der Waals surface area contributed by atoms with Gasteiger partial charge < -0.3 is 16.4 Å². The van der Waals surface area contributed by atoms with Gasteiger partial charge in [-0.1, -0.05) is 19.8 Å². The zero-order chi connectivity index (χ0) is 17.4. The van der Waals surface area contributed by atoms with Gasteiger partial charge in [-0.15, -0.1) is 22.7 Å². The molecule has 1 amide bonds. The van der Waals surface area contributed by atoms with Crippen molar-refractivity contribution in [2.75, 3.05) is 11.9 Å². The monoisotopic (exact) mass is 365 g/mol. The average molecular weight is 366 g/mol. The van der Waals surface area contributed by atoms with Crippen molar-refractivity contribution in [1.29, 1.82) is 0 Å². The normalized spacial score (nSPS) is 11.5. The van der Waals surface area contributed by atoms with E-state index < -0.39 is 0 Å². The lowest BCUT2D eigenvalue weighted by molar-refractivity contribution is -0.119. The molecule has 0 saturated carbocycles. The lowest BCUT2D eigenvalue weighted by atomic mass is 10.2. The molecule has 0 spiro atoms. The second kappa shape index (κ2) is 9.39. The number of nitrogens with two attached hydrogens (primary N) is 1. The molecule has 0 fully saturated rings. The van der Waals surface area contributed by atoms with E-state index in [1.54, 1.807) is 11.3 Å². The Morgan fingerprint density at radius 1 is 1.38 bits per heavy atom. The molecule has 0 atom stereocenters. The van der Waals surface area contributed by atoms with Crippen LogP contribution in [0.1, 0.15) is 38.0 Å². The van der Waals surface area contributed by atoms with Crippen LogP contribution in [0.2, 0.25) is 0 Å². The predicted molar refractivity (Wildman–Crippen MR) is 103 cm³/mol. The molecule has 0 aromatic carbocycles. The highest BCUT2D eigenvalue weighted by atomic mass is 32.1. The molecule has 0 aliphatic rings. The van der Waals surface area contributed by atoms with Crippen LogP contribution in [0.4, 0.5) is 5.13 Å². The van der Waals surface area contributed by atoms with Crippen molar-refractivity contribution in [2.45, 2.75) is 39.7 Å². The van der Waals surface area contributed by atoms with Gasteiger partial charge in [-0.05, 0) is 18.6 Å². The van der Waals surface area contributed by atoms with Crippen LogP contribution < -0.4 is 16.4 Å². The lowest BCUT2D eigenvalue weighted by Crippen LogP contribution is -2.22. The third kappa shape index (κ3) is 5.93. The van der Waals surface area contributed by atoms with Gasteiger partial charge in [0, 0.05) is 23.7 Å². The Morgan fingerprint density at radius 2 is 2.21 bits per heavy atom. The topological polar surface area (TPSA) is 92.4 Å². The van der Waals surface area contributed by atoms with Gasteiger partial charge >= 0.3 is 0 Å². The van der Waals surface area contributed by atoms with E-state index in [0.29, 0.717) is 12.5 Å². The number of carbonyl (C=O) groups excluding carboxylic acids is 1. The number of guanidine groups is 1. The summed E-state index contributed by atoms with van der Waals surface area (Å²) in [4.78, 5) is 22.0. The SMILES string of the molecule is CCCCCN=C(N)Nc1nc(-c2ccc(CNC(C)=O)s2)cs1. The highest BCUT2D eigenvalue weighted by Gasteiger charge is 2.08. The number of thiazole rings is 1. The van der Waals surface area contributed by atoms with Crippen molar-refractivity contribution in [3.8, 4) is 10.6 Å². The van der Waals surface area contributed by atoms with Crippen LogP contribution >= 0.6 is 22.7 Å². The molecule has 2 aromatic rings. The number of aromatic nitrogens is 1. The number of aliphatic imine (C=N–C) groups is 1. The van der Waals surface area contributed by atoms with Crippen molar-refractivity contribution < 1.29 is 4.79 Å². The molecule has 0 bridgehead atoms. The van der Waals surface area contributed by atoms with Gasteiger partial charge in [0.1, 0.15) is 0 Å². The van der Waals surface area contributed by atoms with E-state index in [4.69, 9.17) is 5.73 Å². The van der Waals surface area contributed by atoms with E-state index in [1.807, 2.05) is 17.5 Å². The number of nitrogens with zero attached hydrogens (tertiary/aromatic N) is 2. The van der Waals surface area contributed by atoms with Gasteiger partial charge in [0.2, 0.25) is 5.91 Å². The largest absolute Gasteiger partial charge is 0.370 e. The molecular formula is C16H23N5OS2. The molecular weight excluding hydrogens is 342 g/mol. The Balaban J connectivity index is 1.91. The molecule has 2 heterocycles. The number of hydrogen-bond donors (Lipinski definition) is 3. The van der Waals surface area contributed by atoms with Crippen LogP contribution in [-0.2, 0) is 11.3 Å². The standard InChI is InChI=1S/C16H23N5OS2/c1-3-4-5-8-18-15(17)21-16-20-13(10-23-16)14-7-6-12(24-14)9-19-11(2)22/h6-7,10H,3-5,8-9H2,1-2H3,(H,19,22)(H3,17,18,20,21). The number of hydrogen-bond acceptors (Lipinski definition) is 5. The third-order valence-electron chi connectivity index (χ3n) is 3.21. The molecule has 2 rings (SSSR count). The minimum absolute atomic E-state index is 0.0289. The number of carbonyl (C=O) groups is 1. The molecule has 130 valence electrons. The van der Waals surface area contributed by atoms with E-state index in [-0.39, 0.29) is 5.91 Å². The summed E-state index contributed by atoms with van der Waals surface area (Å²) in [5.74, 6) is 0.378. The number of thiophene rings is 1. The minimum atomic E-state index is -0.0289. The summed E-state index contributed by atoms with van der Waals surface area (Å²) in [6.45, 7) is 4.96. The fraction of sp³-hybridized carbons (Fsp3) is 0.438. The number of anilines is 1. The molecule has 24 heavy (non-hydrogen) atoms. The fourth-order valence-corrected chi connectivity index (χ4v) is 3.68. The van der Waals surface area contributed by atoms with E-state index in [9.17, 15) is 4.79 Å². The number of unbranched alkanes of at least 4 members (excludes halogenated alkanes) is 2. The van der Waals surface area contributed by atoms with Gasteiger partial charge in [-0.2, -0.15) is 0 Å². The Kier molecular flexibility index (Phi) is 7.20. The summed E-state index contributed by atoms with van der Waals surface area (Å²) >= 11 is 3.12. The van der Waals surface area contributed by atoms with E-state index in [2.05, 4.69) is 27.5 Å². The zero-order valence-corrected chi connectivity index (χ0v) is 15.6. The first-order valence-corrected chi connectivity index (χ1v) is 9.64. The van der Waals surface area contributed by atoms with Crippen LogP contribution in [0, 0.1) is 0 Å². The first-order valence-electron chi connectivity index (χ1n) is 7.94. The lowest BCUT2D eigenvalue weighted by Gasteiger charge is -2.01. The van der Waals surface area contributed by atoms with Crippen LogP contribution in [0.25, 0.3) is 10.6 Å². The summed E-state index contributed by atoms with van der Waals surface area (Å²) in [6.07, 6.45) is 3.38. The van der Waals surface area contributed by atoms with Gasteiger partial charge in [-0.3, -0.25) is 9.79 Å². The van der Waals surface area contributed by atoms with Crippen molar-refractivity contribution in [1.82, 2.24) is 10.3 Å². The van der Waals surface area contributed by atoms with Crippen LogP contribution in [0.3, 0.4) is 0 Å². The number of nitrogens with one attached hydrogen (secondary N) is 2. The smallest absolute Gasteiger partial charge is 0.217 e. The first kappa shape index (κ1) is 18.4. The molecule has 0 unspecified atom stereocenters. The van der Waals surface area contributed by atoms with Gasteiger partial charge in [-0.25, -0.2) is 4.98 Å². The zero-order valence-electron chi connectivity index (χ0n) is 14.0. The van der Waals surface area contributed by atoms with Crippen molar-refractivity contribution >= 4 is 39.7 Å². The maximum Gasteiger partial charge on any atom is 0.217 e.